The number of carbonyl (C=O) groups excluding carboxylic acids is 2. The second-order valence-corrected chi connectivity index (χ2v) is 5.85. The van der Waals surface area contributed by atoms with Crippen molar-refractivity contribution in [3.63, 3.8) is 0 Å². The number of aromatic nitrogens is 3. The number of nitrogens with one attached hydrogen (secondary N) is 2. The predicted molar refractivity (Wildman–Crippen MR) is 88.5 cm³/mol. The maximum absolute atomic E-state index is 11.7. The molecule has 1 saturated heterocycles. The standard InChI is InChI=1S/C16H20N6O3/c1-17-16(24)19-13(23)10-22-8-5-11(6-9-22)15-20-14(21-25-15)12-4-2-3-7-18-12/h2-4,7,11H,5-6,8-10H2,1H3,(H2,17,19,23,24). The van der Waals surface area contributed by atoms with E-state index in [0.29, 0.717) is 17.4 Å². The normalized spacial score (nSPS) is 15.7. The second kappa shape index (κ2) is 7.84. The Bertz CT molecular complexity index is 724. The molecular weight excluding hydrogens is 324 g/mol. The van der Waals surface area contributed by atoms with E-state index in [1.165, 1.54) is 7.05 Å². The molecule has 0 unspecified atom stereocenters. The monoisotopic (exact) mass is 344 g/mol. The Hall–Kier alpha value is -2.81. The summed E-state index contributed by atoms with van der Waals surface area (Å²) in [6.07, 6.45) is 3.32. The number of nitrogens with zero attached hydrogens (tertiary/aromatic N) is 4. The molecule has 9 heteroatoms. The third kappa shape index (κ3) is 4.38. The molecular formula is C16H20N6O3. The Kier molecular flexibility index (Phi) is 5.34. The van der Waals surface area contributed by atoms with E-state index < -0.39 is 6.03 Å². The van der Waals surface area contributed by atoms with Gasteiger partial charge in [-0.1, -0.05) is 11.2 Å². The molecule has 3 amide bonds. The topological polar surface area (TPSA) is 113 Å². The summed E-state index contributed by atoms with van der Waals surface area (Å²) >= 11 is 0. The molecule has 0 atom stereocenters. The SMILES string of the molecule is CNC(=O)NC(=O)CN1CCC(c2nc(-c3ccccn3)no2)CC1. The molecule has 0 aliphatic carbocycles. The second-order valence-electron chi connectivity index (χ2n) is 5.85. The largest absolute Gasteiger partial charge is 0.341 e. The zero-order valence-corrected chi connectivity index (χ0v) is 13.9. The van der Waals surface area contributed by atoms with Crippen molar-refractivity contribution >= 4 is 11.9 Å². The highest BCUT2D eigenvalue weighted by atomic mass is 16.5. The summed E-state index contributed by atoms with van der Waals surface area (Å²) < 4.78 is 5.39. The van der Waals surface area contributed by atoms with Crippen LogP contribution >= 0.6 is 0 Å². The maximum Gasteiger partial charge on any atom is 0.321 e. The van der Waals surface area contributed by atoms with Gasteiger partial charge in [-0.15, -0.1) is 0 Å². The first kappa shape index (κ1) is 17.0. The number of hydrogen-bond acceptors (Lipinski definition) is 7. The lowest BCUT2D eigenvalue weighted by molar-refractivity contribution is -0.121. The highest BCUT2D eigenvalue weighted by Crippen LogP contribution is 2.27. The van der Waals surface area contributed by atoms with Gasteiger partial charge >= 0.3 is 6.03 Å². The molecule has 132 valence electrons. The molecule has 9 nitrogen and oxygen atoms in total. The molecule has 0 saturated carbocycles. The summed E-state index contributed by atoms with van der Waals surface area (Å²) in [4.78, 5) is 33.5. The fraction of sp³-hybridized carbons (Fsp3) is 0.438. The van der Waals surface area contributed by atoms with E-state index in [0.717, 1.165) is 25.9 Å². The fourth-order valence-electron chi connectivity index (χ4n) is 2.77. The summed E-state index contributed by atoms with van der Waals surface area (Å²) in [5.41, 5.74) is 0.681. The number of carbonyl (C=O) groups is 2. The van der Waals surface area contributed by atoms with E-state index in [1.807, 2.05) is 23.1 Å². The molecule has 0 bridgehead atoms. The number of amides is 3. The van der Waals surface area contributed by atoms with Crippen LogP contribution in [-0.4, -0.2) is 58.6 Å². The van der Waals surface area contributed by atoms with Gasteiger partial charge in [-0.05, 0) is 38.1 Å². The van der Waals surface area contributed by atoms with Crippen LogP contribution in [0.5, 0.6) is 0 Å². The lowest BCUT2D eigenvalue weighted by atomic mass is 9.97. The smallest absolute Gasteiger partial charge is 0.321 e. The Morgan fingerprint density at radius 2 is 2.12 bits per heavy atom. The number of urea groups is 1. The maximum atomic E-state index is 11.7. The fourth-order valence-corrected chi connectivity index (χ4v) is 2.77. The van der Waals surface area contributed by atoms with E-state index >= 15 is 0 Å². The van der Waals surface area contributed by atoms with Crippen LogP contribution in [0.25, 0.3) is 11.5 Å². The number of hydrogen-bond donors (Lipinski definition) is 2. The molecule has 25 heavy (non-hydrogen) atoms. The van der Waals surface area contributed by atoms with E-state index in [4.69, 9.17) is 4.52 Å². The van der Waals surface area contributed by atoms with Gasteiger partial charge in [0.1, 0.15) is 5.69 Å². The molecule has 2 aromatic heterocycles. The van der Waals surface area contributed by atoms with Crippen molar-refractivity contribution in [3.05, 3.63) is 30.3 Å². The van der Waals surface area contributed by atoms with Crippen molar-refractivity contribution in [1.29, 1.82) is 0 Å². The number of imide groups is 1. The van der Waals surface area contributed by atoms with Gasteiger partial charge in [0.05, 0.1) is 6.54 Å². The third-order valence-electron chi connectivity index (χ3n) is 4.12. The summed E-state index contributed by atoms with van der Waals surface area (Å²) in [5, 5.41) is 8.62. The van der Waals surface area contributed by atoms with Crippen molar-refractivity contribution in [3.8, 4) is 11.5 Å². The van der Waals surface area contributed by atoms with Crippen LogP contribution in [0, 0.1) is 0 Å². The van der Waals surface area contributed by atoms with Crippen LogP contribution in [0.1, 0.15) is 24.7 Å². The molecule has 0 radical (unpaired) electrons. The minimum absolute atomic E-state index is 0.170. The quantitative estimate of drug-likeness (QED) is 0.842. The minimum atomic E-state index is -0.493. The Labute approximate surface area is 144 Å². The van der Waals surface area contributed by atoms with Crippen molar-refractivity contribution < 1.29 is 14.1 Å². The van der Waals surface area contributed by atoms with Gasteiger partial charge in [-0.25, -0.2) is 4.79 Å². The van der Waals surface area contributed by atoms with Gasteiger partial charge in [-0.2, -0.15) is 4.98 Å². The van der Waals surface area contributed by atoms with Gasteiger partial charge in [0.25, 0.3) is 0 Å². The lowest BCUT2D eigenvalue weighted by Crippen LogP contribution is -2.45. The van der Waals surface area contributed by atoms with Gasteiger partial charge in [0.15, 0.2) is 0 Å². The lowest BCUT2D eigenvalue weighted by Gasteiger charge is -2.29. The average molecular weight is 344 g/mol. The van der Waals surface area contributed by atoms with Crippen LogP contribution in [0.2, 0.25) is 0 Å². The van der Waals surface area contributed by atoms with E-state index in [-0.39, 0.29) is 18.4 Å². The number of piperidine rings is 1. The molecule has 0 spiro atoms. The average Bonchev–Trinajstić information content (AvgIpc) is 3.13. The van der Waals surface area contributed by atoms with Crippen molar-refractivity contribution in [2.75, 3.05) is 26.7 Å². The first-order chi connectivity index (χ1) is 12.2. The molecule has 1 aliphatic rings. The molecule has 1 aliphatic heterocycles. The van der Waals surface area contributed by atoms with E-state index in [9.17, 15) is 9.59 Å². The summed E-state index contributed by atoms with van der Waals surface area (Å²) in [6, 6.07) is 5.05. The Balaban J connectivity index is 1.52. The molecule has 2 N–H and O–H groups in total. The predicted octanol–water partition coefficient (Wildman–Crippen LogP) is 0.767. The van der Waals surface area contributed by atoms with Crippen molar-refractivity contribution in [2.24, 2.45) is 0 Å². The Morgan fingerprint density at radius 1 is 1.32 bits per heavy atom. The number of pyridine rings is 1. The molecule has 3 rings (SSSR count). The number of rotatable bonds is 4. The van der Waals surface area contributed by atoms with Crippen LogP contribution in [-0.2, 0) is 4.79 Å². The third-order valence-corrected chi connectivity index (χ3v) is 4.12. The first-order valence-electron chi connectivity index (χ1n) is 8.14. The molecule has 0 aromatic carbocycles. The zero-order chi connectivity index (χ0) is 17.6. The molecule has 2 aromatic rings. The van der Waals surface area contributed by atoms with Gasteiger partial charge < -0.3 is 9.84 Å². The molecule has 1 fully saturated rings. The van der Waals surface area contributed by atoms with Crippen LogP contribution < -0.4 is 10.6 Å². The summed E-state index contributed by atoms with van der Waals surface area (Å²) in [7, 11) is 1.47. The van der Waals surface area contributed by atoms with Gasteiger partial charge in [0.2, 0.25) is 17.6 Å². The molecule has 3 heterocycles. The zero-order valence-electron chi connectivity index (χ0n) is 13.9. The van der Waals surface area contributed by atoms with Gasteiger partial charge in [0, 0.05) is 19.2 Å². The van der Waals surface area contributed by atoms with Gasteiger partial charge in [-0.3, -0.25) is 20.0 Å². The van der Waals surface area contributed by atoms with Crippen molar-refractivity contribution in [2.45, 2.75) is 18.8 Å². The highest BCUT2D eigenvalue weighted by molar-refractivity contribution is 5.95. The van der Waals surface area contributed by atoms with E-state index in [1.54, 1.807) is 6.20 Å². The van der Waals surface area contributed by atoms with Crippen LogP contribution in [0.15, 0.2) is 28.9 Å². The van der Waals surface area contributed by atoms with Crippen LogP contribution in [0.3, 0.4) is 0 Å². The van der Waals surface area contributed by atoms with Crippen LogP contribution in [0.4, 0.5) is 4.79 Å². The summed E-state index contributed by atoms with van der Waals surface area (Å²) in [5.74, 6) is 0.953. The summed E-state index contributed by atoms with van der Waals surface area (Å²) in [6.45, 7) is 1.66. The highest BCUT2D eigenvalue weighted by Gasteiger charge is 2.26. The minimum Gasteiger partial charge on any atom is -0.341 e. The van der Waals surface area contributed by atoms with Crippen molar-refractivity contribution in [1.82, 2.24) is 30.7 Å². The first-order valence-corrected chi connectivity index (χ1v) is 8.14. The number of likely N-dealkylation sites (tertiary alicyclic amines) is 1. The Morgan fingerprint density at radius 3 is 2.80 bits per heavy atom. The van der Waals surface area contributed by atoms with E-state index in [2.05, 4.69) is 25.8 Å².